The van der Waals surface area contributed by atoms with Gasteiger partial charge < -0.3 is 4.74 Å². The number of rotatable bonds is 1. The van der Waals surface area contributed by atoms with Crippen LogP contribution in [-0.2, 0) is 4.74 Å². The van der Waals surface area contributed by atoms with Gasteiger partial charge in [0.05, 0.1) is 0 Å². The largest absolute Gasteiger partial charge is 0.368 e. The number of hydrogen-bond acceptors (Lipinski definition) is 2. The molecule has 0 spiro atoms. The lowest BCUT2D eigenvalue weighted by atomic mass is 9.97. The number of methoxy groups -OCH3 is 1. The maximum absolute atomic E-state index is 5.40. The van der Waals surface area contributed by atoms with Crippen molar-refractivity contribution in [3.63, 3.8) is 0 Å². The third kappa shape index (κ3) is 3.52. The molecule has 1 heterocycles. The molecule has 0 saturated heterocycles. The Labute approximate surface area is 94.0 Å². The summed E-state index contributed by atoms with van der Waals surface area (Å²) in [7, 11) is 1.75. The Bertz CT molecular complexity index is 256. The molecule has 1 aliphatic heterocycles. The van der Waals surface area contributed by atoms with Crippen LogP contribution in [-0.4, -0.2) is 36.7 Å². The van der Waals surface area contributed by atoms with E-state index in [0.717, 1.165) is 19.5 Å². The molecule has 2 heteroatoms. The molecule has 1 aliphatic rings. The van der Waals surface area contributed by atoms with E-state index < -0.39 is 0 Å². The summed E-state index contributed by atoms with van der Waals surface area (Å²) >= 11 is 0. The van der Waals surface area contributed by atoms with E-state index in [-0.39, 0.29) is 11.6 Å². The van der Waals surface area contributed by atoms with Crippen molar-refractivity contribution in [3.05, 3.63) is 0 Å². The van der Waals surface area contributed by atoms with Gasteiger partial charge in [0.25, 0.3) is 0 Å². The van der Waals surface area contributed by atoms with Crippen LogP contribution in [0.4, 0.5) is 0 Å². The smallest absolute Gasteiger partial charge is 0.121 e. The van der Waals surface area contributed by atoms with Crippen LogP contribution < -0.4 is 0 Å². The van der Waals surface area contributed by atoms with Gasteiger partial charge in [0.1, 0.15) is 6.10 Å². The average Bonchev–Trinajstić information content (AvgIpc) is 2.10. The number of nitrogens with zero attached hydrogens (tertiary/aromatic N) is 1. The Morgan fingerprint density at radius 2 is 2.00 bits per heavy atom. The quantitative estimate of drug-likeness (QED) is 0.614. The predicted molar refractivity (Wildman–Crippen MR) is 63.7 cm³/mol. The maximum Gasteiger partial charge on any atom is 0.121 e. The molecule has 0 N–H and O–H groups in total. The van der Waals surface area contributed by atoms with Crippen LogP contribution in [0.3, 0.4) is 0 Å². The van der Waals surface area contributed by atoms with Crippen molar-refractivity contribution in [2.24, 2.45) is 5.92 Å². The van der Waals surface area contributed by atoms with E-state index in [0.29, 0.717) is 5.92 Å². The van der Waals surface area contributed by atoms with Crippen molar-refractivity contribution >= 4 is 0 Å². The summed E-state index contributed by atoms with van der Waals surface area (Å²) in [6, 6.07) is 0. The van der Waals surface area contributed by atoms with E-state index in [1.54, 1.807) is 7.11 Å². The Morgan fingerprint density at radius 3 is 2.53 bits per heavy atom. The first-order chi connectivity index (χ1) is 6.95. The van der Waals surface area contributed by atoms with Gasteiger partial charge in [0.2, 0.25) is 0 Å². The summed E-state index contributed by atoms with van der Waals surface area (Å²) in [6.45, 7) is 11.1. The highest BCUT2D eigenvalue weighted by Crippen LogP contribution is 2.19. The molecular formula is C13H23NO. The standard InChI is InChI=1S/C13H23NO/c1-11-10-14(13(2,3)4)9-7-6-8-12(11)15-5/h11-12H,7,9-10H2,1-5H3. The van der Waals surface area contributed by atoms with Gasteiger partial charge in [0, 0.05) is 38.1 Å². The zero-order valence-electron chi connectivity index (χ0n) is 10.6. The highest BCUT2D eigenvalue weighted by molar-refractivity contribution is 5.09. The van der Waals surface area contributed by atoms with Crippen molar-refractivity contribution in [2.75, 3.05) is 20.2 Å². The van der Waals surface area contributed by atoms with Crippen LogP contribution >= 0.6 is 0 Å². The van der Waals surface area contributed by atoms with Gasteiger partial charge in [-0.05, 0) is 20.8 Å². The van der Waals surface area contributed by atoms with E-state index >= 15 is 0 Å². The lowest BCUT2D eigenvalue weighted by molar-refractivity contribution is 0.0519. The first-order valence-electron chi connectivity index (χ1n) is 5.71. The molecule has 86 valence electrons. The number of ether oxygens (including phenoxy) is 1. The van der Waals surface area contributed by atoms with E-state index in [1.165, 1.54) is 0 Å². The van der Waals surface area contributed by atoms with Crippen molar-refractivity contribution in [1.29, 1.82) is 0 Å². The fraction of sp³-hybridized carbons (Fsp3) is 0.846. The van der Waals surface area contributed by atoms with Crippen LogP contribution in [0, 0.1) is 17.8 Å². The van der Waals surface area contributed by atoms with Crippen LogP contribution in [0.1, 0.15) is 34.1 Å². The molecule has 0 fully saturated rings. The summed E-state index contributed by atoms with van der Waals surface area (Å²) in [6.07, 6.45) is 1.04. The molecule has 1 rings (SSSR count). The molecule has 15 heavy (non-hydrogen) atoms. The molecule has 0 aromatic heterocycles. The van der Waals surface area contributed by atoms with Crippen molar-refractivity contribution in [1.82, 2.24) is 4.90 Å². The summed E-state index contributed by atoms with van der Waals surface area (Å²) in [4.78, 5) is 2.50. The lowest BCUT2D eigenvalue weighted by Gasteiger charge is -2.38. The molecule has 0 bridgehead atoms. The highest BCUT2D eigenvalue weighted by Gasteiger charge is 2.26. The van der Waals surface area contributed by atoms with Crippen LogP contribution in [0.2, 0.25) is 0 Å². The molecule has 0 aliphatic carbocycles. The Hall–Kier alpha value is -0.520. The zero-order chi connectivity index (χ0) is 11.5. The minimum Gasteiger partial charge on any atom is -0.368 e. The monoisotopic (exact) mass is 209 g/mol. The third-order valence-electron chi connectivity index (χ3n) is 2.98. The van der Waals surface area contributed by atoms with Gasteiger partial charge >= 0.3 is 0 Å². The Kier molecular flexibility index (Phi) is 4.19. The van der Waals surface area contributed by atoms with Crippen molar-refractivity contribution < 1.29 is 4.74 Å². The fourth-order valence-electron chi connectivity index (χ4n) is 1.94. The molecule has 2 atom stereocenters. The summed E-state index contributed by atoms with van der Waals surface area (Å²) in [5.41, 5.74) is 0.228. The first kappa shape index (κ1) is 12.5. The summed E-state index contributed by atoms with van der Waals surface area (Å²) in [5.74, 6) is 6.87. The molecule has 0 saturated carbocycles. The minimum atomic E-state index is 0.0927. The van der Waals surface area contributed by atoms with Crippen LogP contribution in [0.15, 0.2) is 0 Å². The highest BCUT2D eigenvalue weighted by atomic mass is 16.5. The van der Waals surface area contributed by atoms with Gasteiger partial charge in [-0.15, -0.1) is 0 Å². The van der Waals surface area contributed by atoms with Crippen molar-refractivity contribution in [3.8, 4) is 11.8 Å². The Balaban J connectivity index is 2.74. The van der Waals surface area contributed by atoms with Gasteiger partial charge in [-0.3, -0.25) is 4.90 Å². The van der Waals surface area contributed by atoms with Gasteiger partial charge in [0.15, 0.2) is 0 Å². The van der Waals surface area contributed by atoms with Gasteiger partial charge in [-0.2, -0.15) is 0 Å². The average molecular weight is 209 g/mol. The third-order valence-corrected chi connectivity index (χ3v) is 2.98. The van der Waals surface area contributed by atoms with Crippen LogP contribution in [0.25, 0.3) is 0 Å². The zero-order valence-corrected chi connectivity index (χ0v) is 10.6. The topological polar surface area (TPSA) is 12.5 Å². The number of hydrogen-bond donors (Lipinski definition) is 0. The Morgan fingerprint density at radius 1 is 1.33 bits per heavy atom. The molecule has 0 radical (unpaired) electrons. The first-order valence-corrected chi connectivity index (χ1v) is 5.71. The second kappa shape index (κ2) is 5.01. The predicted octanol–water partition coefficient (Wildman–Crippen LogP) is 2.15. The summed E-state index contributed by atoms with van der Waals surface area (Å²) in [5, 5.41) is 0. The second-order valence-corrected chi connectivity index (χ2v) is 5.32. The molecular weight excluding hydrogens is 186 g/mol. The van der Waals surface area contributed by atoms with E-state index in [4.69, 9.17) is 4.74 Å². The second-order valence-electron chi connectivity index (χ2n) is 5.32. The molecule has 0 aromatic rings. The van der Waals surface area contributed by atoms with E-state index in [1.807, 2.05) is 0 Å². The molecule has 0 aromatic carbocycles. The molecule has 0 amide bonds. The van der Waals surface area contributed by atoms with Gasteiger partial charge in [-0.25, -0.2) is 0 Å². The van der Waals surface area contributed by atoms with E-state index in [9.17, 15) is 0 Å². The lowest BCUT2D eigenvalue weighted by Crippen LogP contribution is -2.46. The molecule has 2 unspecified atom stereocenters. The normalized spacial score (nSPS) is 28.9. The minimum absolute atomic E-state index is 0.0927. The fourth-order valence-corrected chi connectivity index (χ4v) is 1.94. The molecule has 2 nitrogen and oxygen atoms in total. The maximum atomic E-state index is 5.40. The SMILES string of the molecule is COC1C#CCCN(C(C)(C)C)CC1C. The summed E-state index contributed by atoms with van der Waals surface area (Å²) < 4.78 is 5.40. The van der Waals surface area contributed by atoms with E-state index in [2.05, 4.69) is 44.4 Å². The van der Waals surface area contributed by atoms with Gasteiger partial charge in [-0.1, -0.05) is 18.8 Å². The van der Waals surface area contributed by atoms with Crippen LogP contribution in [0.5, 0.6) is 0 Å². The van der Waals surface area contributed by atoms with Crippen molar-refractivity contribution in [2.45, 2.75) is 45.8 Å².